The summed E-state index contributed by atoms with van der Waals surface area (Å²) in [4.78, 5) is 0. The van der Waals surface area contributed by atoms with Gasteiger partial charge in [-0.25, -0.2) is 0 Å². The molecule has 0 aliphatic carbocycles. The second-order valence-corrected chi connectivity index (χ2v) is 5.25. The topological polar surface area (TPSA) is 38.0 Å². The van der Waals surface area contributed by atoms with Crippen LogP contribution in [0.4, 0.5) is 0 Å². The molecule has 0 atom stereocenters. The van der Waals surface area contributed by atoms with Gasteiger partial charge in [0.05, 0.1) is 0 Å². The minimum Gasteiger partial charge on any atom is -0.384 e. The van der Waals surface area contributed by atoms with Crippen LogP contribution < -0.4 is 11.1 Å². The van der Waals surface area contributed by atoms with Gasteiger partial charge in [0.2, 0.25) is 0 Å². The van der Waals surface area contributed by atoms with Gasteiger partial charge in [0, 0.05) is 6.54 Å². The molecule has 0 aromatic carbocycles. The Kier molecular flexibility index (Phi) is 7.46. The van der Waals surface area contributed by atoms with Crippen LogP contribution in [0.2, 0.25) is 0 Å². The van der Waals surface area contributed by atoms with Crippen molar-refractivity contribution in [3.63, 3.8) is 0 Å². The van der Waals surface area contributed by atoms with Crippen LogP contribution in [-0.4, -0.2) is 15.2 Å². The first-order chi connectivity index (χ1) is 5.16. The monoisotopic (exact) mass is 226 g/mol. The lowest BCUT2D eigenvalue weighted by Gasteiger charge is -2.03. The maximum Gasteiger partial charge on any atom is 0.144 e. The van der Waals surface area contributed by atoms with Gasteiger partial charge in [-0.1, -0.05) is 31.4 Å². The first kappa shape index (κ1) is 11.5. The standard InChI is InChI=1S/C5H10N2S4/c1-2-3-7-5(9)11-10-4(6)8/h2-3H2,1H3,(H2,6,8)(H,7,9). The number of nitrogens with two attached hydrogens (primary N) is 1. The molecule has 0 aliphatic rings. The summed E-state index contributed by atoms with van der Waals surface area (Å²) in [5.74, 6) is 0. The minimum absolute atomic E-state index is 0.413. The lowest BCUT2D eigenvalue weighted by Crippen LogP contribution is -2.18. The average Bonchev–Trinajstić information content (AvgIpc) is 1.97. The van der Waals surface area contributed by atoms with Crippen molar-refractivity contribution in [3.05, 3.63) is 0 Å². The predicted octanol–water partition coefficient (Wildman–Crippen LogP) is 1.90. The van der Waals surface area contributed by atoms with Gasteiger partial charge in [0.1, 0.15) is 8.64 Å². The van der Waals surface area contributed by atoms with Gasteiger partial charge in [0.25, 0.3) is 0 Å². The molecule has 6 heteroatoms. The Morgan fingerprint density at radius 1 is 1.45 bits per heavy atom. The summed E-state index contributed by atoms with van der Waals surface area (Å²) in [6.45, 7) is 2.99. The molecule has 0 saturated heterocycles. The van der Waals surface area contributed by atoms with Gasteiger partial charge in [-0.05, 0) is 28.0 Å². The second-order valence-electron chi connectivity index (χ2n) is 1.70. The van der Waals surface area contributed by atoms with E-state index in [1.54, 1.807) is 0 Å². The molecule has 3 N–H and O–H groups in total. The third kappa shape index (κ3) is 8.39. The van der Waals surface area contributed by atoms with E-state index in [0.717, 1.165) is 17.3 Å². The van der Waals surface area contributed by atoms with Crippen molar-refractivity contribution in [1.82, 2.24) is 5.32 Å². The van der Waals surface area contributed by atoms with Crippen molar-refractivity contribution in [3.8, 4) is 0 Å². The van der Waals surface area contributed by atoms with E-state index in [1.165, 1.54) is 21.6 Å². The third-order valence-electron chi connectivity index (χ3n) is 0.719. The quantitative estimate of drug-likeness (QED) is 0.553. The maximum atomic E-state index is 5.26. The number of hydrogen-bond acceptors (Lipinski definition) is 4. The zero-order chi connectivity index (χ0) is 8.69. The summed E-state index contributed by atoms with van der Waals surface area (Å²) < 4.78 is 1.15. The molecule has 0 fully saturated rings. The van der Waals surface area contributed by atoms with E-state index in [9.17, 15) is 0 Å². The highest BCUT2D eigenvalue weighted by Gasteiger charge is 1.97. The summed E-state index contributed by atoms with van der Waals surface area (Å²) >= 11 is 9.61. The molecule has 11 heavy (non-hydrogen) atoms. The highest BCUT2D eigenvalue weighted by atomic mass is 33.1. The van der Waals surface area contributed by atoms with Crippen LogP contribution in [0.3, 0.4) is 0 Å². The lowest BCUT2D eigenvalue weighted by molar-refractivity contribution is 0.855. The van der Waals surface area contributed by atoms with E-state index in [0.29, 0.717) is 4.32 Å². The highest BCUT2D eigenvalue weighted by Crippen LogP contribution is 2.21. The molecule has 0 amide bonds. The van der Waals surface area contributed by atoms with Gasteiger partial charge in [-0.3, -0.25) is 0 Å². The van der Waals surface area contributed by atoms with Crippen molar-refractivity contribution in [1.29, 1.82) is 0 Å². The van der Waals surface area contributed by atoms with Crippen LogP contribution >= 0.6 is 46.0 Å². The van der Waals surface area contributed by atoms with Crippen LogP contribution in [0.25, 0.3) is 0 Å². The fourth-order valence-corrected chi connectivity index (χ4v) is 2.02. The maximum absolute atomic E-state index is 5.26. The SMILES string of the molecule is CCCNC(=S)SSC(N)=S. The second kappa shape index (κ2) is 7.15. The number of nitrogens with one attached hydrogen (secondary N) is 1. The van der Waals surface area contributed by atoms with Crippen LogP contribution in [0.1, 0.15) is 13.3 Å². The largest absolute Gasteiger partial charge is 0.384 e. The lowest BCUT2D eigenvalue weighted by atomic mass is 10.5. The molecule has 2 nitrogen and oxygen atoms in total. The van der Waals surface area contributed by atoms with Crippen molar-refractivity contribution in [2.45, 2.75) is 13.3 Å². The van der Waals surface area contributed by atoms with Crippen molar-refractivity contribution in [2.24, 2.45) is 5.73 Å². The van der Waals surface area contributed by atoms with E-state index >= 15 is 0 Å². The molecule has 0 aromatic heterocycles. The van der Waals surface area contributed by atoms with E-state index < -0.39 is 0 Å². The summed E-state index contributed by atoms with van der Waals surface area (Å²) in [7, 11) is 2.71. The van der Waals surface area contributed by atoms with Gasteiger partial charge >= 0.3 is 0 Å². The first-order valence-corrected chi connectivity index (χ1v) is 6.05. The van der Waals surface area contributed by atoms with Gasteiger partial charge in [0.15, 0.2) is 0 Å². The Balaban J connectivity index is 3.30. The van der Waals surface area contributed by atoms with E-state index in [1.807, 2.05) is 0 Å². The number of rotatable bonds is 2. The van der Waals surface area contributed by atoms with E-state index in [-0.39, 0.29) is 0 Å². The zero-order valence-corrected chi connectivity index (χ0v) is 9.39. The van der Waals surface area contributed by atoms with Crippen LogP contribution in [0.5, 0.6) is 0 Å². The molecular formula is C5H10N2S4. The average molecular weight is 226 g/mol. The molecule has 64 valence electrons. The fourth-order valence-electron chi connectivity index (χ4n) is 0.335. The smallest absolute Gasteiger partial charge is 0.144 e. The summed E-state index contributed by atoms with van der Waals surface area (Å²) in [6, 6.07) is 0. The molecule has 0 saturated carbocycles. The minimum atomic E-state index is 0.413. The molecule has 0 unspecified atom stereocenters. The van der Waals surface area contributed by atoms with Crippen molar-refractivity contribution >= 4 is 54.7 Å². The van der Waals surface area contributed by atoms with E-state index in [2.05, 4.69) is 24.5 Å². The predicted molar refractivity (Wildman–Crippen MR) is 62.9 cm³/mol. The van der Waals surface area contributed by atoms with Crippen molar-refractivity contribution < 1.29 is 0 Å². The summed E-state index contributed by atoms with van der Waals surface area (Å²) in [5.41, 5.74) is 5.26. The first-order valence-electron chi connectivity index (χ1n) is 3.08. The highest BCUT2D eigenvalue weighted by molar-refractivity contribution is 8.89. The fraction of sp³-hybridized carbons (Fsp3) is 0.600. The Hall–Kier alpha value is 0.480. The molecule has 0 heterocycles. The van der Waals surface area contributed by atoms with E-state index in [4.69, 9.17) is 18.0 Å². The zero-order valence-electron chi connectivity index (χ0n) is 6.12. The molecular weight excluding hydrogens is 216 g/mol. The van der Waals surface area contributed by atoms with Crippen LogP contribution in [0, 0.1) is 0 Å². The van der Waals surface area contributed by atoms with Crippen LogP contribution in [0.15, 0.2) is 0 Å². The van der Waals surface area contributed by atoms with Gasteiger partial charge in [-0.15, -0.1) is 0 Å². The molecule has 0 radical (unpaired) electrons. The van der Waals surface area contributed by atoms with Crippen LogP contribution in [-0.2, 0) is 0 Å². The number of thiocarbonyl (C=S) groups is 2. The Morgan fingerprint density at radius 2 is 2.09 bits per heavy atom. The third-order valence-corrected chi connectivity index (χ3v) is 3.83. The Morgan fingerprint density at radius 3 is 2.55 bits per heavy atom. The summed E-state index contributed by atoms with van der Waals surface area (Å²) in [5, 5.41) is 3.05. The summed E-state index contributed by atoms with van der Waals surface area (Å²) in [6.07, 6.45) is 1.07. The Bertz CT molecular complexity index is 147. The van der Waals surface area contributed by atoms with Gasteiger partial charge < -0.3 is 11.1 Å². The molecule has 0 aliphatic heterocycles. The molecule has 0 aromatic rings. The molecule has 0 rings (SSSR count). The molecule has 0 spiro atoms. The number of hydrogen-bond donors (Lipinski definition) is 2. The Labute approximate surface area is 85.5 Å². The normalized spacial score (nSPS) is 9.18. The van der Waals surface area contributed by atoms with Crippen molar-refractivity contribution in [2.75, 3.05) is 6.54 Å². The van der Waals surface area contributed by atoms with Gasteiger partial charge in [-0.2, -0.15) is 0 Å². The molecule has 0 bridgehead atoms.